The lowest BCUT2D eigenvalue weighted by molar-refractivity contribution is -0.123. The minimum Gasteiger partial charge on any atom is -0.425 e. The standard InChI is InChI=1S/C19H26N4O2/c1-13-6-8-16(9-7-13)11-20-18(24)12-23-10-4-5-17(14(23)2)19-22-21-15(3)25-19/h6-9,14,17H,4-5,10-12H2,1-3H3,(H,20,24)/t14-,17-/m0/s1. The zero-order chi connectivity index (χ0) is 17.8. The second-order valence-corrected chi connectivity index (χ2v) is 6.88. The average molecular weight is 342 g/mol. The molecule has 0 bridgehead atoms. The fraction of sp³-hybridized carbons (Fsp3) is 0.526. The van der Waals surface area contributed by atoms with Crippen molar-refractivity contribution < 1.29 is 9.21 Å². The van der Waals surface area contributed by atoms with E-state index in [0.717, 1.165) is 24.9 Å². The molecule has 2 atom stereocenters. The van der Waals surface area contributed by atoms with Gasteiger partial charge in [0.05, 0.1) is 12.5 Å². The highest BCUT2D eigenvalue weighted by atomic mass is 16.4. The number of hydrogen-bond acceptors (Lipinski definition) is 5. The largest absolute Gasteiger partial charge is 0.425 e. The lowest BCUT2D eigenvalue weighted by Crippen LogP contribution is -2.47. The van der Waals surface area contributed by atoms with Crippen LogP contribution < -0.4 is 5.32 Å². The van der Waals surface area contributed by atoms with Crippen LogP contribution in [0.25, 0.3) is 0 Å². The van der Waals surface area contributed by atoms with E-state index in [1.54, 1.807) is 6.92 Å². The van der Waals surface area contributed by atoms with Gasteiger partial charge in [0.2, 0.25) is 17.7 Å². The van der Waals surface area contributed by atoms with E-state index in [4.69, 9.17) is 4.42 Å². The minimum atomic E-state index is 0.0507. The first-order chi connectivity index (χ1) is 12.0. The van der Waals surface area contributed by atoms with Crippen LogP contribution in [-0.4, -0.2) is 40.1 Å². The number of benzene rings is 1. The van der Waals surface area contributed by atoms with Crippen LogP contribution in [0.2, 0.25) is 0 Å². The van der Waals surface area contributed by atoms with E-state index in [-0.39, 0.29) is 17.9 Å². The molecule has 0 aliphatic carbocycles. The van der Waals surface area contributed by atoms with Crippen molar-refractivity contribution in [2.75, 3.05) is 13.1 Å². The van der Waals surface area contributed by atoms with Gasteiger partial charge in [-0.05, 0) is 38.8 Å². The second kappa shape index (κ2) is 7.78. The zero-order valence-electron chi connectivity index (χ0n) is 15.2. The monoisotopic (exact) mass is 342 g/mol. The summed E-state index contributed by atoms with van der Waals surface area (Å²) in [5.74, 6) is 1.53. The average Bonchev–Trinajstić information content (AvgIpc) is 3.02. The first-order valence-electron chi connectivity index (χ1n) is 8.89. The Morgan fingerprint density at radius 1 is 1.28 bits per heavy atom. The molecule has 6 heteroatoms. The number of aryl methyl sites for hydroxylation is 2. The highest BCUT2D eigenvalue weighted by Crippen LogP contribution is 2.31. The molecule has 6 nitrogen and oxygen atoms in total. The van der Waals surface area contributed by atoms with Crippen LogP contribution in [0.3, 0.4) is 0 Å². The Balaban J connectivity index is 1.54. The van der Waals surface area contributed by atoms with Crippen molar-refractivity contribution >= 4 is 5.91 Å². The van der Waals surface area contributed by atoms with E-state index in [0.29, 0.717) is 24.9 Å². The van der Waals surface area contributed by atoms with Gasteiger partial charge in [0, 0.05) is 19.5 Å². The van der Waals surface area contributed by atoms with E-state index in [1.807, 2.05) is 12.1 Å². The first-order valence-corrected chi connectivity index (χ1v) is 8.89. The Kier molecular flexibility index (Phi) is 5.48. The molecule has 25 heavy (non-hydrogen) atoms. The number of aromatic nitrogens is 2. The van der Waals surface area contributed by atoms with Crippen LogP contribution in [-0.2, 0) is 11.3 Å². The van der Waals surface area contributed by atoms with Crippen LogP contribution in [0.1, 0.15) is 48.6 Å². The Morgan fingerprint density at radius 2 is 2.04 bits per heavy atom. The molecule has 1 aliphatic rings. The molecule has 0 saturated carbocycles. The van der Waals surface area contributed by atoms with Gasteiger partial charge in [-0.3, -0.25) is 9.69 Å². The summed E-state index contributed by atoms with van der Waals surface area (Å²) < 4.78 is 5.61. The Hall–Kier alpha value is -2.21. The molecule has 1 N–H and O–H groups in total. The summed E-state index contributed by atoms with van der Waals surface area (Å²) in [6, 6.07) is 8.43. The van der Waals surface area contributed by atoms with Gasteiger partial charge in [0.15, 0.2) is 0 Å². The minimum absolute atomic E-state index is 0.0507. The molecule has 1 aliphatic heterocycles. The third-order valence-corrected chi connectivity index (χ3v) is 4.93. The lowest BCUT2D eigenvalue weighted by Gasteiger charge is -2.37. The van der Waals surface area contributed by atoms with Gasteiger partial charge < -0.3 is 9.73 Å². The summed E-state index contributed by atoms with van der Waals surface area (Å²) in [6.45, 7) is 7.88. The van der Waals surface area contributed by atoms with Crippen LogP contribution in [0.15, 0.2) is 28.7 Å². The maximum atomic E-state index is 12.3. The third-order valence-electron chi connectivity index (χ3n) is 4.93. The molecule has 1 aromatic heterocycles. The van der Waals surface area contributed by atoms with Crippen molar-refractivity contribution in [3.8, 4) is 0 Å². The highest BCUT2D eigenvalue weighted by molar-refractivity contribution is 5.78. The first kappa shape index (κ1) is 17.6. The summed E-state index contributed by atoms with van der Waals surface area (Å²) >= 11 is 0. The number of rotatable bonds is 5. The number of amides is 1. The number of hydrogen-bond donors (Lipinski definition) is 1. The van der Waals surface area contributed by atoms with Gasteiger partial charge in [-0.15, -0.1) is 10.2 Å². The molecule has 1 fully saturated rings. The van der Waals surface area contributed by atoms with Crippen LogP contribution >= 0.6 is 0 Å². The summed E-state index contributed by atoms with van der Waals surface area (Å²) in [7, 11) is 0. The number of carbonyl (C=O) groups excluding carboxylic acids is 1. The predicted octanol–water partition coefficient (Wildman–Crippen LogP) is 2.57. The van der Waals surface area contributed by atoms with Crippen LogP contribution in [0, 0.1) is 13.8 Å². The molecule has 2 heterocycles. The molecule has 2 aromatic rings. The number of nitrogens with one attached hydrogen (secondary N) is 1. The molecular weight excluding hydrogens is 316 g/mol. The summed E-state index contributed by atoms with van der Waals surface area (Å²) in [5.41, 5.74) is 2.34. The maximum Gasteiger partial charge on any atom is 0.234 e. The molecule has 1 saturated heterocycles. The molecule has 0 spiro atoms. The van der Waals surface area contributed by atoms with E-state index < -0.39 is 0 Å². The van der Waals surface area contributed by atoms with E-state index in [9.17, 15) is 4.79 Å². The number of likely N-dealkylation sites (tertiary alicyclic amines) is 1. The third kappa shape index (κ3) is 4.45. The van der Waals surface area contributed by atoms with E-state index in [1.165, 1.54) is 5.56 Å². The topological polar surface area (TPSA) is 71.3 Å². The number of carbonyl (C=O) groups is 1. The smallest absolute Gasteiger partial charge is 0.234 e. The summed E-state index contributed by atoms with van der Waals surface area (Å²) in [6.07, 6.45) is 2.05. The lowest BCUT2D eigenvalue weighted by atomic mass is 9.90. The molecule has 0 radical (unpaired) electrons. The molecule has 0 unspecified atom stereocenters. The molecular formula is C19H26N4O2. The number of piperidine rings is 1. The predicted molar refractivity (Wildman–Crippen MR) is 95.1 cm³/mol. The van der Waals surface area contributed by atoms with Crippen molar-refractivity contribution in [2.45, 2.75) is 52.1 Å². The second-order valence-electron chi connectivity index (χ2n) is 6.88. The Labute approximate surface area is 148 Å². The van der Waals surface area contributed by atoms with Gasteiger partial charge in [0.1, 0.15) is 0 Å². The fourth-order valence-electron chi connectivity index (χ4n) is 3.38. The van der Waals surface area contributed by atoms with Crippen LogP contribution in [0.5, 0.6) is 0 Å². The van der Waals surface area contributed by atoms with Crippen molar-refractivity contribution in [1.82, 2.24) is 20.4 Å². The van der Waals surface area contributed by atoms with E-state index in [2.05, 4.69) is 46.4 Å². The normalized spacial score (nSPS) is 21.2. The zero-order valence-corrected chi connectivity index (χ0v) is 15.2. The summed E-state index contributed by atoms with van der Waals surface area (Å²) in [5, 5.41) is 11.1. The Morgan fingerprint density at radius 3 is 2.72 bits per heavy atom. The molecule has 1 amide bonds. The number of nitrogens with zero attached hydrogens (tertiary/aromatic N) is 3. The molecule has 3 rings (SSSR count). The van der Waals surface area contributed by atoms with Crippen molar-refractivity contribution in [2.24, 2.45) is 0 Å². The quantitative estimate of drug-likeness (QED) is 0.904. The van der Waals surface area contributed by atoms with Crippen molar-refractivity contribution in [3.63, 3.8) is 0 Å². The van der Waals surface area contributed by atoms with Gasteiger partial charge in [0.25, 0.3) is 0 Å². The van der Waals surface area contributed by atoms with Gasteiger partial charge >= 0.3 is 0 Å². The van der Waals surface area contributed by atoms with Gasteiger partial charge in [-0.2, -0.15) is 0 Å². The van der Waals surface area contributed by atoms with E-state index >= 15 is 0 Å². The summed E-state index contributed by atoms with van der Waals surface area (Å²) in [4.78, 5) is 14.5. The van der Waals surface area contributed by atoms with Gasteiger partial charge in [-0.1, -0.05) is 29.8 Å². The molecule has 134 valence electrons. The SMILES string of the molecule is Cc1ccc(CNC(=O)CN2CCC[C@H](c3nnc(C)o3)[C@@H]2C)cc1. The maximum absolute atomic E-state index is 12.3. The van der Waals surface area contributed by atoms with Crippen LogP contribution in [0.4, 0.5) is 0 Å². The molecule has 1 aromatic carbocycles. The van der Waals surface area contributed by atoms with Crippen molar-refractivity contribution in [3.05, 3.63) is 47.2 Å². The van der Waals surface area contributed by atoms with Crippen molar-refractivity contribution in [1.29, 1.82) is 0 Å². The Bertz CT molecular complexity index is 710. The van der Waals surface area contributed by atoms with Gasteiger partial charge in [-0.25, -0.2) is 0 Å². The fourth-order valence-corrected chi connectivity index (χ4v) is 3.38. The highest BCUT2D eigenvalue weighted by Gasteiger charge is 2.33.